The van der Waals surface area contributed by atoms with E-state index in [4.69, 9.17) is 5.11 Å². The van der Waals surface area contributed by atoms with E-state index in [1.165, 1.54) is 5.56 Å². The van der Waals surface area contributed by atoms with Crippen LogP contribution >= 0.6 is 11.8 Å². The zero-order valence-electron chi connectivity index (χ0n) is 8.02. The Morgan fingerprint density at radius 2 is 2.07 bits per heavy atom. The van der Waals surface area contributed by atoms with Gasteiger partial charge in [0.25, 0.3) is 0 Å². The van der Waals surface area contributed by atoms with Crippen LogP contribution in [0, 0.1) is 0 Å². The molecular formula is C11H15NOS. The summed E-state index contributed by atoms with van der Waals surface area (Å²) in [6.07, 6.45) is 0. The van der Waals surface area contributed by atoms with Gasteiger partial charge < -0.3 is 10.4 Å². The van der Waals surface area contributed by atoms with E-state index in [1.807, 2.05) is 17.8 Å². The lowest BCUT2D eigenvalue weighted by atomic mass is 10.1. The van der Waals surface area contributed by atoms with Gasteiger partial charge in [-0.15, -0.1) is 0 Å². The van der Waals surface area contributed by atoms with Crippen molar-refractivity contribution in [3.05, 3.63) is 35.9 Å². The third-order valence-electron chi connectivity index (χ3n) is 2.46. The molecule has 2 nitrogen and oxygen atoms in total. The molecule has 76 valence electrons. The first-order valence-corrected chi connectivity index (χ1v) is 6.05. The van der Waals surface area contributed by atoms with Crippen molar-refractivity contribution in [1.82, 2.24) is 5.32 Å². The second-order valence-corrected chi connectivity index (χ2v) is 4.62. The van der Waals surface area contributed by atoms with Gasteiger partial charge in [0.05, 0.1) is 6.61 Å². The zero-order valence-corrected chi connectivity index (χ0v) is 8.83. The second kappa shape index (κ2) is 4.82. The molecule has 0 saturated carbocycles. The van der Waals surface area contributed by atoms with E-state index in [0.29, 0.717) is 6.04 Å². The molecule has 0 aromatic heterocycles. The molecule has 1 aromatic carbocycles. The Bertz CT molecular complexity index is 278. The largest absolute Gasteiger partial charge is 0.395 e. The van der Waals surface area contributed by atoms with Crippen molar-refractivity contribution in [3.63, 3.8) is 0 Å². The summed E-state index contributed by atoms with van der Waals surface area (Å²) in [5.74, 6) is 2.11. The Morgan fingerprint density at radius 1 is 1.29 bits per heavy atom. The summed E-state index contributed by atoms with van der Waals surface area (Å²) in [6.45, 7) is 0.232. The van der Waals surface area contributed by atoms with Gasteiger partial charge in [-0.25, -0.2) is 0 Å². The standard InChI is InChI=1S/C11H15NOS/c13-6-10-7-14-8-11(12-10)9-4-2-1-3-5-9/h1-5,10-13H,6-8H2/t10-,11-/m0/s1. The molecular weight excluding hydrogens is 194 g/mol. The fourth-order valence-corrected chi connectivity index (χ4v) is 2.84. The molecule has 0 radical (unpaired) electrons. The molecule has 1 fully saturated rings. The van der Waals surface area contributed by atoms with Crippen LogP contribution < -0.4 is 5.32 Å². The van der Waals surface area contributed by atoms with E-state index in [1.54, 1.807) is 0 Å². The van der Waals surface area contributed by atoms with Gasteiger partial charge in [0.1, 0.15) is 0 Å². The molecule has 0 aliphatic carbocycles. The SMILES string of the molecule is OC[C@H]1CSC[C@@H](c2ccccc2)N1. The summed E-state index contributed by atoms with van der Waals surface area (Å²) in [7, 11) is 0. The van der Waals surface area contributed by atoms with Gasteiger partial charge in [0.15, 0.2) is 0 Å². The Hall–Kier alpha value is -0.510. The quantitative estimate of drug-likeness (QED) is 0.773. The minimum Gasteiger partial charge on any atom is -0.395 e. The summed E-state index contributed by atoms with van der Waals surface area (Å²) in [5, 5.41) is 12.5. The minimum absolute atomic E-state index is 0.232. The Balaban J connectivity index is 2.04. The summed E-state index contributed by atoms with van der Waals surface area (Å²) >= 11 is 1.91. The van der Waals surface area contributed by atoms with Crippen LogP contribution in [0.15, 0.2) is 30.3 Å². The lowest BCUT2D eigenvalue weighted by Gasteiger charge is -2.29. The van der Waals surface area contributed by atoms with Crippen LogP contribution in [0.1, 0.15) is 11.6 Å². The highest BCUT2D eigenvalue weighted by Gasteiger charge is 2.21. The molecule has 2 N–H and O–H groups in total. The lowest BCUT2D eigenvalue weighted by molar-refractivity contribution is 0.243. The average molecular weight is 209 g/mol. The van der Waals surface area contributed by atoms with E-state index in [-0.39, 0.29) is 12.6 Å². The summed E-state index contributed by atoms with van der Waals surface area (Å²) in [4.78, 5) is 0. The van der Waals surface area contributed by atoms with Crippen molar-refractivity contribution in [1.29, 1.82) is 0 Å². The summed E-state index contributed by atoms with van der Waals surface area (Å²) in [5.41, 5.74) is 1.32. The molecule has 1 aliphatic rings. The molecule has 1 aromatic rings. The van der Waals surface area contributed by atoms with E-state index in [0.717, 1.165) is 11.5 Å². The van der Waals surface area contributed by atoms with Crippen molar-refractivity contribution in [2.24, 2.45) is 0 Å². The van der Waals surface area contributed by atoms with E-state index < -0.39 is 0 Å². The first-order chi connectivity index (χ1) is 6.90. The highest BCUT2D eigenvalue weighted by molar-refractivity contribution is 7.99. The monoisotopic (exact) mass is 209 g/mol. The third kappa shape index (κ3) is 2.29. The maximum atomic E-state index is 9.08. The number of aliphatic hydroxyl groups is 1. The molecule has 14 heavy (non-hydrogen) atoms. The third-order valence-corrected chi connectivity index (χ3v) is 3.67. The van der Waals surface area contributed by atoms with Gasteiger partial charge in [-0.1, -0.05) is 30.3 Å². The van der Waals surface area contributed by atoms with Gasteiger partial charge in [-0.2, -0.15) is 11.8 Å². The Kier molecular flexibility index (Phi) is 3.45. The molecule has 2 atom stereocenters. The van der Waals surface area contributed by atoms with E-state index >= 15 is 0 Å². The highest BCUT2D eigenvalue weighted by atomic mass is 32.2. The second-order valence-electron chi connectivity index (χ2n) is 3.55. The highest BCUT2D eigenvalue weighted by Crippen LogP contribution is 2.23. The average Bonchev–Trinajstić information content (AvgIpc) is 2.30. The first kappa shape index (κ1) is 10.0. The van der Waals surface area contributed by atoms with Gasteiger partial charge in [-0.05, 0) is 5.56 Å². The van der Waals surface area contributed by atoms with E-state index in [9.17, 15) is 0 Å². The summed E-state index contributed by atoms with van der Waals surface area (Å²) in [6, 6.07) is 11.1. The number of thioether (sulfide) groups is 1. The topological polar surface area (TPSA) is 32.3 Å². The van der Waals surface area contributed by atoms with Gasteiger partial charge in [0.2, 0.25) is 0 Å². The zero-order chi connectivity index (χ0) is 9.80. The van der Waals surface area contributed by atoms with Gasteiger partial charge in [0, 0.05) is 23.6 Å². The molecule has 1 heterocycles. The molecule has 1 saturated heterocycles. The van der Waals surface area contributed by atoms with Crippen LogP contribution in [0.3, 0.4) is 0 Å². The van der Waals surface area contributed by atoms with Crippen LogP contribution in [-0.2, 0) is 0 Å². The van der Waals surface area contributed by atoms with Crippen LogP contribution in [0.2, 0.25) is 0 Å². The molecule has 0 bridgehead atoms. The smallest absolute Gasteiger partial charge is 0.0592 e. The fraction of sp³-hybridized carbons (Fsp3) is 0.455. The van der Waals surface area contributed by atoms with Crippen molar-refractivity contribution in [2.75, 3.05) is 18.1 Å². The van der Waals surface area contributed by atoms with Crippen LogP contribution in [0.25, 0.3) is 0 Å². The first-order valence-electron chi connectivity index (χ1n) is 4.90. The van der Waals surface area contributed by atoms with Crippen molar-refractivity contribution < 1.29 is 5.11 Å². The Labute approximate surface area is 88.7 Å². The molecule has 1 aliphatic heterocycles. The normalized spacial score (nSPS) is 27.5. The molecule has 0 spiro atoms. The predicted octanol–water partition coefficient (Wildman–Crippen LogP) is 1.43. The maximum absolute atomic E-state index is 9.08. The molecule has 0 amide bonds. The Morgan fingerprint density at radius 3 is 2.79 bits per heavy atom. The minimum atomic E-state index is 0.232. The van der Waals surface area contributed by atoms with Gasteiger partial charge >= 0.3 is 0 Å². The van der Waals surface area contributed by atoms with Crippen molar-refractivity contribution in [3.8, 4) is 0 Å². The number of rotatable bonds is 2. The summed E-state index contributed by atoms with van der Waals surface area (Å²) < 4.78 is 0. The number of hydrogen-bond donors (Lipinski definition) is 2. The van der Waals surface area contributed by atoms with Gasteiger partial charge in [-0.3, -0.25) is 0 Å². The fourth-order valence-electron chi connectivity index (χ4n) is 1.69. The lowest BCUT2D eigenvalue weighted by Crippen LogP contribution is -2.42. The number of benzene rings is 1. The number of nitrogens with one attached hydrogen (secondary N) is 1. The number of hydrogen-bond acceptors (Lipinski definition) is 3. The predicted molar refractivity (Wildman–Crippen MR) is 60.5 cm³/mol. The van der Waals surface area contributed by atoms with Crippen molar-refractivity contribution >= 4 is 11.8 Å². The van der Waals surface area contributed by atoms with Crippen LogP contribution in [0.5, 0.6) is 0 Å². The van der Waals surface area contributed by atoms with Crippen LogP contribution in [0.4, 0.5) is 0 Å². The molecule has 2 rings (SSSR count). The van der Waals surface area contributed by atoms with Crippen molar-refractivity contribution in [2.45, 2.75) is 12.1 Å². The maximum Gasteiger partial charge on any atom is 0.0592 e. The van der Waals surface area contributed by atoms with E-state index in [2.05, 4.69) is 29.6 Å². The molecule has 3 heteroatoms. The number of aliphatic hydroxyl groups excluding tert-OH is 1. The van der Waals surface area contributed by atoms with Crippen LogP contribution in [-0.4, -0.2) is 29.3 Å². The molecule has 0 unspecified atom stereocenters.